The van der Waals surface area contributed by atoms with Crippen molar-refractivity contribution in [1.82, 2.24) is 35.4 Å². The molecule has 8 rings (SSSR count). The lowest BCUT2D eigenvalue weighted by atomic mass is 9.49. The van der Waals surface area contributed by atoms with Gasteiger partial charge in [0.1, 0.15) is 47.1 Å². The van der Waals surface area contributed by atoms with Crippen LogP contribution in [0.25, 0.3) is 5.00 Å². The van der Waals surface area contributed by atoms with Crippen LogP contribution >= 0.6 is 22.9 Å². The average molecular weight is 1010 g/mol. The van der Waals surface area contributed by atoms with E-state index in [-0.39, 0.29) is 36.5 Å². The van der Waals surface area contributed by atoms with Crippen molar-refractivity contribution in [3.63, 3.8) is 0 Å². The highest BCUT2D eigenvalue weighted by Gasteiger charge is 2.64. The molecule has 2 amide bonds. The second-order valence-electron chi connectivity index (χ2n) is 19.3. The van der Waals surface area contributed by atoms with Crippen molar-refractivity contribution >= 4 is 46.4 Å². The zero-order valence-electron chi connectivity index (χ0n) is 41.7. The number of ether oxygens (including phenoxy) is 5. The number of carbonyl (C=O) groups excluding carboxylic acids is 2. The monoisotopic (exact) mass is 1010 g/mol. The number of thiophene rings is 1. The summed E-state index contributed by atoms with van der Waals surface area (Å²) in [5, 5.41) is 25.5. The van der Waals surface area contributed by atoms with Gasteiger partial charge in [-0.15, -0.1) is 21.5 Å². The highest BCUT2D eigenvalue weighted by atomic mass is 35.5. The molecule has 3 aliphatic rings. The molecule has 19 heteroatoms. The number of hydrogen-bond acceptors (Lipinski definition) is 15. The van der Waals surface area contributed by atoms with Crippen LogP contribution in [0.1, 0.15) is 109 Å². The fraction of sp³-hybridized carbons (Fsp3) is 0.500. The lowest BCUT2D eigenvalue weighted by Crippen LogP contribution is -2.74. The Morgan fingerprint density at radius 2 is 1.56 bits per heavy atom. The van der Waals surface area contributed by atoms with Crippen molar-refractivity contribution < 1.29 is 33.3 Å². The van der Waals surface area contributed by atoms with Gasteiger partial charge >= 0.3 is 0 Å². The van der Waals surface area contributed by atoms with Crippen LogP contribution < -0.4 is 25.0 Å². The Morgan fingerprint density at radius 3 is 2.23 bits per heavy atom. The molecule has 2 N–H and O–H groups in total. The van der Waals surface area contributed by atoms with Crippen molar-refractivity contribution in [2.24, 2.45) is 15.8 Å². The second kappa shape index (κ2) is 22.2. The van der Waals surface area contributed by atoms with E-state index >= 15 is 0 Å². The van der Waals surface area contributed by atoms with E-state index in [1.54, 1.807) is 41.9 Å². The van der Waals surface area contributed by atoms with E-state index < -0.39 is 16.9 Å². The Balaban J connectivity index is 0.706. The van der Waals surface area contributed by atoms with Gasteiger partial charge in [-0.2, -0.15) is 5.26 Å². The Hall–Kier alpha value is -5.97. The number of aliphatic imine (C=N–C) groups is 1. The fourth-order valence-corrected chi connectivity index (χ4v) is 11.6. The highest BCUT2D eigenvalue weighted by molar-refractivity contribution is 7.15. The molecule has 376 valence electrons. The van der Waals surface area contributed by atoms with Crippen LogP contribution in [0.15, 0.2) is 59.9 Å². The molecule has 17 nitrogen and oxygen atoms in total. The molecular formula is C52H63ClN10O7S. The first kappa shape index (κ1) is 51.4. The smallest absolute Gasteiger partial charge is 0.254 e. The summed E-state index contributed by atoms with van der Waals surface area (Å²) in [5.74, 6) is 2.98. The van der Waals surface area contributed by atoms with E-state index in [9.17, 15) is 14.9 Å². The molecule has 5 aromatic rings. The number of aryl methyl sites for hydroxylation is 2. The van der Waals surface area contributed by atoms with Crippen LogP contribution in [-0.4, -0.2) is 120 Å². The molecule has 0 radical (unpaired) electrons. The summed E-state index contributed by atoms with van der Waals surface area (Å²) >= 11 is 7.93. The summed E-state index contributed by atoms with van der Waals surface area (Å²) in [6.45, 7) is 21.0. The van der Waals surface area contributed by atoms with E-state index in [1.807, 2.05) is 38.1 Å². The Morgan fingerprint density at radius 1 is 0.901 bits per heavy atom. The molecule has 2 aliphatic heterocycles. The minimum absolute atomic E-state index is 0.0838. The molecule has 2 fully saturated rings. The zero-order valence-corrected chi connectivity index (χ0v) is 43.3. The van der Waals surface area contributed by atoms with Crippen molar-refractivity contribution in [2.75, 3.05) is 64.2 Å². The normalized spacial score (nSPS) is 19.1. The van der Waals surface area contributed by atoms with Gasteiger partial charge in [0.15, 0.2) is 5.82 Å². The van der Waals surface area contributed by atoms with Crippen LogP contribution in [0.4, 0.5) is 5.95 Å². The molecule has 0 bridgehead atoms. The number of piperidine rings is 1. The van der Waals surface area contributed by atoms with Gasteiger partial charge < -0.3 is 39.2 Å². The maximum atomic E-state index is 13.4. The lowest BCUT2D eigenvalue weighted by Gasteiger charge is -2.63. The summed E-state index contributed by atoms with van der Waals surface area (Å²) in [6.07, 6.45) is 4.89. The number of hydrogen-bond donors (Lipinski definition) is 2. The molecule has 0 unspecified atom stereocenters. The highest BCUT2D eigenvalue weighted by Crippen LogP contribution is 2.55. The molecule has 1 saturated heterocycles. The van der Waals surface area contributed by atoms with Gasteiger partial charge in [-0.25, -0.2) is 9.97 Å². The minimum Gasteiger partial charge on any atom is -0.491 e. The van der Waals surface area contributed by atoms with Crippen LogP contribution in [0.2, 0.25) is 5.02 Å². The predicted molar refractivity (Wildman–Crippen MR) is 271 cm³/mol. The third-order valence-corrected chi connectivity index (χ3v) is 15.1. The summed E-state index contributed by atoms with van der Waals surface area (Å²) < 4.78 is 32.1. The number of halogens is 1. The van der Waals surface area contributed by atoms with E-state index in [0.29, 0.717) is 79.9 Å². The average Bonchev–Trinajstić information content (AvgIpc) is 3.84. The SMILES string of the molecule is CCNC(=O)C[C@@H]1N=C(c2ccc(OCCOCCOCCOC3CCN(c4ncc(C(=O)NC5C(C)(C)C(Oc6ccc(C#N)c(Cl)c6)C5(C)C)cn4)CC3)cc2)c2c(sc(C)c2C)-n2c(C)nnc21. The number of anilines is 1. The van der Waals surface area contributed by atoms with Gasteiger partial charge in [-0.3, -0.25) is 19.1 Å². The predicted octanol–water partition coefficient (Wildman–Crippen LogP) is 7.70. The van der Waals surface area contributed by atoms with Gasteiger partial charge in [-0.05, 0) is 82.5 Å². The number of nitriles is 1. The number of fused-ring (bicyclic) bond motifs is 3. The third-order valence-electron chi connectivity index (χ3n) is 13.6. The minimum atomic E-state index is -0.495. The number of carbonyl (C=O) groups is 2. The molecule has 5 heterocycles. The number of rotatable bonds is 20. The van der Waals surface area contributed by atoms with Gasteiger partial charge in [0.25, 0.3) is 5.91 Å². The van der Waals surface area contributed by atoms with Gasteiger partial charge in [0.2, 0.25) is 11.9 Å². The quantitative estimate of drug-likeness (QED) is 0.0720. The topological polar surface area (TPSA) is 200 Å². The molecule has 71 heavy (non-hydrogen) atoms. The maximum Gasteiger partial charge on any atom is 0.254 e. The number of benzene rings is 2. The standard InChI is InChI=1S/C52H63ClN10O7S/c1-9-55-42(64)27-41-45-61-60-33(4)63(45)47-43(31(2)32(3)71-47)44(58-41)34-10-13-37(14-11-34)68-24-22-66-20-21-67-23-25-69-38-16-18-62(19-17-38)50-56-29-36(30-57-50)46(65)59-48-51(5,6)49(52(48,7)8)70-39-15-12-35(28-54)40(53)26-39/h10-15,26,29-30,38,41,48-49H,9,16-25,27H2,1-8H3,(H,55,64)(H,59,65)/t41-,48?,49?/m0/s1. The molecule has 1 saturated carbocycles. The summed E-state index contributed by atoms with van der Waals surface area (Å²) in [4.78, 5) is 43.8. The van der Waals surface area contributed by atoms with Gasteiger partial charge in [0.05, 0.1) is 67.4 Å². The molecular weight excluding hydrogens is 944 g/mol. The molecule has 2 aromatic carbocycles. The summed E-state index contributed by atoms with van der Waals surface area (Å²) in [5.41, 5.74) is 3.92. The van der Waals surface area contributed by atoms with Gasteiger partial charge in [0, 0.05) is 71.0 Å². The summed E-state index contributed by atoms with van der Waals surface area (Å²) in [6, 6.07) is 14.3. The van der Waals surface area contributed by atoms with Crippen molar-refractivity contribution in [2.45, 2.75) is 98.9 Å². The Labute approximate surface area is 424 Å². The molecule has 0 spiro atoms. The first-order valence-electron chi connectivity index (χ1n) is 24.2. The maximum absolute atomic E-state index is 13.4. The number of nitrogens with one attached hydrogen (secondary N) is 2. The third kappa shape index (κ3) is 11.2. The summed E-state index contributed by atoms with van der Waals surface area (Å²) in [7, 11) is 0. The fourth-order valence-electron chi connectivity index (χ4n) is 10.1. The Kier molecular flexibility index (Phi) is 16.1. The molecule has 1 aliphatic carbocycles. The van der Waals surface area contributed by atoms with E-state index in [2.05, 4.69) is 87.9 Å². The lowest BCUT2D eigenvalue weighted by molar-refractivity contribution is -0.164. The van der Waals surface area contributed by atoms with Crippen LogP contribution in [0.5, 0.6) is 11.5 Å². The largest absolute Gasteiger partial charge is 0.491 e. The van der Waals surface area contributed by atoms with Crippen LogP contribution in [0, 0.1) is 42.9 Å². The number of nitrogens with zero attached hydrogens (tertiary/aromatic N) is 8. The van der Waals surface area contributed by atoms with Gasteiger partial charge in [-0.1, -0.05) is 39.3 Å². The zero-order chi connectivity index (χ0) is 50.5. The van der Waals surface area contributed by atoms with E-state index in [0.717, 1.165) is 64.9 Å². The van der Waals surface area contributed by atoms with Crippen LogP contribution in [-0.2, 0) is 19.0 Å². The van der Waals surface area contributed by atoms with Crippen molar-refractivity contribution in [3.05, 3.63) is 104 Å². The Bertz CT molecular complexity index is 2750. The van der Waals surface area contributed by atoms with E-state index in [1.165, 1.54) is 4.88 Å². The van der Waals surface area contributed by atoms with Crippen molar-refractivity contribution in [3.8, 4) is 22.6 Å². The van der Waals surface area contributed by atoms with E-state index in [4.69, 9.17) is 40.3 Å². The number of aromatic nitrogens is 5. The molecule has 1 atom stereocenters. The first-order chi connectivity index (χ1) is 34.1. The van der Waals surface area contributed by atoms with Crippen molar-refractivity contribution in [1.29, 1.82) is 5.26 Å². The number of amides is 2. The second-order valence-corrected chi connectivity index (χ2v) is 20.9. The first-order valence-corrected chi connectivity index (χ1v) is 25.4. The molecule has 3 aromatic heterocycles. The van der Waals surface area contributed by atoms with Crippen LogP contribution in [0.3, 0.4) is 0 Å².